The second-order valence-corrected chi connectivity index (χ2v) is 9.84. The number of hydrogen-bond acceptors (Lipinski definition) is 7. The average Bonchev–Trinajstić information content (AvgIpc) is 2.83. The minimum Gasteiger partial charge on any atom is -0.387 e. The van der Waals surface area contributed by atoms with E-state index in [1.807, 2.05) is 18.4 Å². The Kier molecular flexibility index (Phi) is 8.70. The zero-order valence-corrected chi connectivity index (χ0v) is 20.2. The van der Waals surface area contributed by atoms with Gasteiger partial charge in [-0.1, -0.05) is 29.8 Å². The average molecular weight is 495 g/mol. The van der Waals surface area contributed by atoms with E-state index in [0.29, 0.717) is 36.8 Å². The summed E-state index contributed by atoms with van der Waals surface area (Å²) in [5.41, 5.74) is 3.45. The SMILES string of the molecule is CSc1ccc(Cc2cc3c(cc2Cl)COCCCCCO[C@@H]2O[C@@H]3[C@H](O)[C@@H](O)[C@@H]2O)cc1. The molecule has 8 heteroatoms. The molecule has 0 aromatic heterocycles. The van der Waals surface area contributed by atoms with E-state index in [2.05, 4.69) is 24.3 Å². The molecule has 0 amide bonds. The highest BCUT2D eigenvalue weighted by molar-refractivity contribution is 7.98. The first-order chi connectivity index (χ1) is 16.0. The zero-order chi connectivity index (χ0) is 23.4. The topological polar surface area (TPSA) is 88.4 Å². The smallest absolute Gasteiger partial charge is 0.186 e. The molecule has 0 unspecified atom stereocenters. The Hall–Kier alpha value is -1.16. The molecule has 0 saturated carbocycles. The molecule has 6 nitrogen and oxygen atoms in total. The van der Waals surface area contributed by atoms with Gasteiger partial charge in [0.15, 0.2) is 6.29 Å². The van der Waals surface area contributed by atoms with E-state index in [9.17, 15) is 15.3 Å². The largest absolute Gasteiger partial charge is 0.387 e. The Morgan fingerprint density at radius 3 is 2.48 bits per heavy atom. The van der Waals surface area contributed by atoms with Gasteiger partial charge in [0.1, 0.15) is 24.4 Å². The van der Waals surface area contributed by atoms with Crippen molar-refractivity contribution in [3.63, 3.8) is 0 Å². The fourth-order valence-corrected chi connectivity index (χ4v) is 4.94. The maximum absolute atomic E-state index is 10.8. The lowest BCUT2D eigenvalue weighted by Crippen LogP contribution is -2.55. The van der Waals surface area contributed by atoms with Crippen LogP contribution in [0.15, 0.2) is 41.3 Å². The second kappa shape index (κ2) is 11.5. The fourth-order valence-electron chi connectivity index (χ4n) is 4.27. The summed E-state index contributed by atoms with van der Waals surface area (Å²) in [7, 11) is 0. The summed E-state index contributed by atoms with van der Waals surface area (Å²) in [5.74, 6) is 0. The minimum absolute atomic E-state index is 0.314. The van der Waals surface area contributed by atoms with E-state index in [1.165, 1.54) is 4.90 Å². The van der Waals surface area contributed by atoms with Crippen LogP contribution in [0.1, 0.15) is 47.6 Å². The third-order valence-corrected chi connectivity index (χ3v) is 7.31. The predicted molar refractivity (Wildman–Crippen MR) is 128 cm³/mol. The molecule has 3 N–H and O–H groups in total. The van der Waals surface area contributed by atoms with E-state index >= 15 is 0 Å². The van der Waals surface area contributed by atoms with Crippen molar-refractivity contribution in [2.24, 2.45) is 0 Å². The van der Waals surface area contributed by atoms with Crippen LogP contribution in [0.5, 0.6) is 0 Å². The van der Waals surface area contributed by atoms with Gasteiger partial charge in [0.25, 0.3) is 0 Å². The number of halogens is 1. The normalized spacial score (nSPS) is 28.8. The first-order valence-electron chi connectivity index (χ1n) is 11.3. The number of ether oxygens (including phenoxy) is 3. The van der Waals surface area contributed by atoms with E-state index < -0.39 is 30.7 Å². The first kappa shape index (κ1) is 24.9. The summed E-state index contributed by atoms with van der Waals surface area (Å²) >= 11 is 8.35. The maximum atomic E-state index is 10.8. The Morgan fingerprint density at radius 2 is 1.73 bits per heavy atom. The van der Waals surface area contributed by atoms with Gasteiger partial charge in [0.2, 0.25) is 0 Å². The van der Waals surface area contributed by atoms with Crippen LogP contribution in [0.3, 0.4) is 0 Å². The molecule has 180 valence electrons. The molecule has 2 aliphatic rings. The third-order valence-electron chi connectivity index (χ3n) is 6.21. The molecule has 2 bridgehead atoms. The Bertz CT molecular complexity index is 924. The molecular formula is C25H31ClO6S. The molecular weight excluding hydrogens is 464 g/mol. The molecule has 33 heavy (non-hydrogen) atoms. The quantitative estimate of drug-likeness (QED) is 0.558. The summed E-state index contributed by atoms with van der Waals surface area (Å²) in [6, 6.07) is 12.1. The summed E-state index contributed by atoms with van der Waals surface area (Å²) < 4.78 is 17.6. The van der Waals surface area contributed by atoms with Gasteiger partial charge in [-0.25, -0.2) is 0 Å². The Morgan fingerprint density at radius 1 is 0.970 bits per heavy atom. The van der Waals surface area contributed by atoms with Crippen LogP contribution in [0.2, 0.25) is 5.02 Å². The molecule has 0 radical (unpaired) electrons. The van der Waals surface area contributed by atoms with Crippen molar-refractivity contribution in [2.75, 3.05) is 19.5 Å². The van der Waals surface area contributed by atoms with Gasteiger partial charge in [-0.2, -0.15) is 0 Å². The summed E-state index contributed by atoms with van der Waals surface area (Å²) in [5, 5.41) is 32.3. The van der Waals surface area contributed by atoms with Gasteiger partial charge >= 0.3 is 0 Å². The Balaban J connectivity index is 1.69. The van der Waals surface area contributed by atoms with Crippen LogP contribution < -0.4 is 0 Å². The highest BCUT2D eigenvalue weighted by atomic mass is 35.5. The number of thioether (sulfide) groups is 1. The first-order valence-corrected chi connectivity index (χ1v) is 12.9. The van der Waals surface area contributed by atoms with Gasteiger partial charge in [0, 0.05) is 23.1 Å². The van der Waals surface area contributed by atoms with Gasteiger partial charge in [0.05, 0.1) is 6.61 Å². The summed E-state index contributed by atoms with van der Waals surface area (Å²) in [6.07, 6.45) is -0.722. The highest BCUT2D eigenvalue weighted by Crippen LogP contribution is 2.37. The van der Waals surface area contributed by atoms with Crippen LogP contribution in [-0.4, -0.2) is 59.4 Å². The van der Waals surface area contributed by atoms with Crippen molar-refractivity contribution >= 4 is 23.4 Å². The molecule has 2 aromatic carbocycles. The number of hydrogen-bond donors (Lipinski definition) is 3. The van der Waals surface area contributed by atoms with Gasteiger partial charge in [-0.05, 0) is 72.4 Å². The van der Waals surface area contributed by atoms with Crippen molar-refractivity contribution in [3.05, 3.63) is 63.7 Å². The van der Waals surface area contributed by atoms with E-state index in [-0.39, 0.29) is 0 Å². The number of aliphatic hydroxyl groups excluding tert-OH is 3. The van der Waals surface area contributed by atoms with Crippen molar-refractivity contribution in [2.45, 2.75) is 67.9 Å². The maximum Gasteiger partial charge on any atom is 0.186 e. The Labute approximate surface area is 203 Å². The van der Waals surface area contributed by atoms with Gasteiger partial charge < -0.3 is 29.5 Å². The number of aliphatic hydroxyl groups is 3. The van der Waals surface area contributed by atoms with Crippen LogP contribution >= 0.6 is 23.4 Å². The van der Waals surface area contributed by atoms with Gasteiger partial charge in [-0.15, -0.1) is 11.8 Å². The molecule has 2 aliphatic heterocycles. The second-order valence-electron chi connectivity index (χ2n) is 8.55. The van der Waals surface area contributed by atoms with Crippen LogP contribution in [-0.2, 0) is 27.2 Å². The van der Waals surface area contributed by atoms with Crippen LogP contribution in [0, 0.1) is 0 Å². The van der Waals surface area contributed by atoms with Crippen molar-refractivity contribution < 1.29 is 29.5 Å². The van der Waals surface area contributed by atoms with Gasteiger partial charge in [-0.3, -0.25) is 0 Å². The molecule has 2 heterocycles. The molecule has 4 rings (SSSR count). The highest BCUT2D eigenvalue weighted by Gasteiger charge is 2.45. The third kappa shape index (κ3) is 5.92. The predicted octanol–water partition coefficient (Wildman–Crippen LogP) is 3.85. The van der Waals surface area contributed by atoms with E-state index in [1.54, 1.807) is 11.8 Å². The lowest BCUT2D eigenvalue weighted by Gasteiger charge is -2.41. The van der Waals surface area contributed by atoms with Crippen molar-refractivity contribution in [3.8, 4) is 0 Å². The number of fused-ring (bicyclic) bond motifs is 4. The minimum atomic E-state index is -1.40. The van der Waals surface area contributed by atoms with E-state index in [4.69, 9.17) is 25.8 Å². The monoisotopic (exact) mass is 494 g/mol. The van der Waals surface area contributed by atoms with Crippen molar-refractivity contribution in [1.29, 1.82) is 0 Å². The fraction of sp³-hybridized carbons (Fsp3) is 0.520. The van der Waals surface area contributed by atoms with Crippen molar-refractivity contribution in [1.82, 2.24) is 0 Å². The van der Waals surface area contributed by atoms with E-state index in [0.717, 1.165) is 36.0 Å². The molecule has 1 fully saturated rings. The number of benzene rings is 2. The molecule has 0 aliphatic carbocycles. The zero-order valence-electron chi connectivity index (χ0n) is 18.7. The lowest BCUT2D eigenvalue weighted by molar-refractivity contribution is -0.299. The summed E-state index contributed by atoms with van der Waals surface area (Å²) in [4.78, 5) is 1.19. The van der Waals surface area contributed by atoms with Crippen LogP contribution in [0.25, 0.3) is 0 Å². The van der Waals surface area contributed by atoms with Crippen LogP contribution in [0.4, 0.5) is 0 Å². The summed E-state index contributed by atoms with van der Waals surface area (Å²) in [6.45, 7) is 1.31. The lowest BCUT2D eigenvalue weighted by atomic mass is 9.89. The number of rotatable bonds is 3. The standard InChI is InChI=1S/C25H31ClO6S/c1-33-18-7-5-15(6-8-18)11-16-12-19-17(13-20(16)26)14-30-9-3-2-4-10-31-25-23(29)21(27)22(28)24(19)32-25/h5-8,12-13,21-25,27-29H,2-4,9-11,14H2,1H3/t21-,22-,23+,24+,25-/m1/s1. The molecule has 2 aromatic rings. The molecule has 5 atom stereocenters. The molecule has 1 saturated heterocycles. The molecule has 0 spiro atoms.